The van der Waals surface area contributed by atoms with Gasteiger partial charge in [0.1, 0.15) is 11.6 Å². The van der Waals surface area contributed by atoms with Crippen LogP contribution in [0.15, 0.2) is 0 Å². The number of carbonyl (C=O) groups excluding carboxylic acids is 1. The van der Waals surface area contributed by atoms with Crippen LogP contribution in [0.2, 0.25) is 0 Å². The van der Waals surface area contributed by atoms with E-state index in [9.17, 15) is 4.79 Å². The lowest BCUT2D eigenvalue weighted by Gasteiger charge is -2.18. The molecule has 2 heterocycles. The van der Waals surface area contributed by atoms with Crippen LogP contribution in [0, 0.1) is 6.92 Å². The number of nitrogens with two attached hydrogens (primary N) is 1. The summed E-state index contributed by atoms with van der Waals surface area (Å²) in [6.07, 6.45) is 0.959. The number of nitrogens with zero attached hydrogens (tertiary/aromatic N) is 2. The molecule has 2 atom stereocenters. The lowest BCUT2D eigenvalue weighted by molar-refractivity contribution is 0.0521. The maximum atomic E-state index is 11.7. The highest BCUT2D eigenvalue weighted by molar-refractivity contribution is 5.92. The summed E-state index contributed by atoms with van der Waals surface area (Å²) in [6, 6.07) is 0.140. The third-order valence-electron chi connectivity index (χ3n) is 3.26. The highest BCUT2D eigenvalue weighted by atomic mass is 16.5. The van der Waals surface area contributed by atoms with Gasteiger partial charge in [0, 0.05) is 6.61 Å². The smallest absolute Gasteiger partial charge is 0.360 e. The minimum absolute atomic E-state index is 0.0789. The number of nitrogen functional groups attached to an aromatic ring is 1. The molecule has 1 saturated heterocycles. The van der Waals surface area contributed by atoms with E-state index in [0.29, 0.717) is 19.0 Å². The summed E-state index contributed by atoms with van der Waals surface area (Å²) in [4.78, 5) is 15.9. The van der Waals surface area contributed by atoms with Gasteiger partial charge in [-0.3, -0.25) is 0 Å². The van der Waals surface area contributed by atoms with Gasteiger partial charge in [-0.15, -0.1) is 0 Å². The first-order chi connectivity index (χ1) is 8.56. The number of hydrogen-bond acceptors (Lipinski definition) is 5. The lowest BCUT2D eigenvalue weighted by atomic mass is 10.1. The summed E-state index contributed by atoms with van der Waals surface area (Å²) in [5.74, 6) is 0.620. The lowest BCUT2D eigenvalue weighted by Crippen LogP contribution is -2.20. The molecule has 0 aromatic carbocycles. The largest absolute Gasteiger partial charge is 0.461 e. The number of hydrogen-bond donors (Lipinski definition) is 1. The number of anilines is 1. The van der Waals surface area contributed by atoms with Crippen molar-refractivity contribution in [1.82, 2.24) is 9.55 Å². The number of esters is 1. The van der Waals surface area contributed by atoms with Crippen molar-refractivity contribution in [2.75, 3.05) is 18.9 Å². The maximum absolute atomic E-state index is 11.7. The first kappa shape index (κ1) is 12.9. The summed E-state index contributed by atoms with van der Waals surface area (Å²) in [5, 5.41) is 0. The standard InChI is InChI=1S/C12H19N3O3/c1-4-17-12(16)10-11(13)15(8(3)14-10)9-5-6-18-7(9)2/h7,9H,4-6,13H2,1-3H3. The third kappa shape index (κ3) is 2.08. The van der Waals surface area contributed by atoms with E-state index in [4.69, 9.17) is 15.2 Å². The first-order valence-electron chi connectivity index (χ1n) is 6.19. The van der Waals surface area contributed by atoms with Crippen LogP contribution >= 0.6 is 0 Å². The molecule has 6 nitrogen and oxygen atoms in total. The normalized spacial score (nSPS) is 23.3. The highest BCUT2D eigenvalue weighted by Gasteiger charge is 2.31. The van der Waals surface area contributed by atoms with E-state index in [0.717, 1.165) is 12.2 Å². The Hall–Kier alpha value is -1.56. The van der Waals surface area contributed by atoms with Crippen molar-refractivity contribution in [3.63, 3.8) is 0 Å². The molecule has 0 bridgehead atoms. The Morgan fingerprint density at radius 2 is 2.39 bits per heavy atom. The Kier molecular flexibility index (Phi) is 3.56. The zero-order chi connectivity index (χ0) is 13.3. The second-order valence-corrected chi connectivity index (χ2v) is 4.42. The van der Waals surface area contributed by atoms with E-state index in [-0.39, 0.29) is 17.8 Å². The van der Waals surface area contributed by atoms with E-state index >= 15 is 0 Å². The van der Waals surface area contributed by atoms with Gasteiger partial charge in [0.05, 0.1) is 18.8 Å². The van der Waals surface area contributed by atoms with Gasteiger partial charge in [-0.1, -0.05) is 0 Å². The minimum atomic E-state index is -0.469. The molecule has 2 rings (SSSR count). The molecule has 1 aliphatic rings. The van der Waals surface area contributed by atoms with E-state index in [1.807, 2.05) is 18.4 Å². The number of aromatic nitrogens is 2. The Labute approximate surface area is 106 Å². The number of carbonyl (C=O) groups is 1. The molecule has 1 aromatic rings. The molecule has 0 aliphatic carbocycles. The van der Waals surface area contributed by atoms with Gasteiger partial charge in [0.2, 0.25) is 0 Å². The van der Waals surface area contributed by atoms with Gasteiger partial charge < -0.3 is 19.8 Å². The van der Waals surface area contributed by atoms with Crippen LogP contribution < -0.4 is 5.73 Å². The molecule has 18 heavy (non-hydrogen) atoms. The highest BCUT2D eigenvalue weighted by Crippen LogP contribution is 2.31. The molecule has 2 unspecified atom stereocenters. The van der Waals surface area contributed by atoms with Crippen LogP contribution in [0.5, 0.6) is 0 Å². The second-order valence-electron chi connectivity index (χ2n) is 4.42. The van der Waals surface area contributed by atoms with Gasteiger partial charge in [-0.2, -0.15) is 0 Å². The van der Waals surface area contributed by atoms with Crippen LogP contribution in [0.1, 0.15) is 42.6 Å². The van der Waals surface area contributed by atoms with E-state index < -0.39 is 5.97 Å². The van der Waals surface area contributed by atoms with Gasteiger partial charge in [0.25, 0.3) is 0 Å². The molecular weight excluding hydrogens is 234 g/mol. The van der Waals surface area contributed by atoms with Gasteiger partial charge in [0.15, 0.2) is 5.69 Å². The van der Waals surface area contributed by atoms with E-state index in [1.165, 1.54) is 0 Å². The molecule has 1 aromatic heterocycles. The molecule has 1 aliphatic heterocycles. The summed E-state index contributed by atoms with van der Waals surface area (Å²) < 4.78 is 12.3. The maximum Gasteiger partial charge on any atom is 0.360 e. The van der Waals surface area contributed by atoms with Gasteiger partial charge >= 0.3 is 5.97 Å². The molecule has 100 valence electrons. The molecule has 2 N–H and O–H groups in total. The fraction of sp³-hybridized carbons (Fsp3) is 0.667. The predicted octanol–water partition coefficient (Wildman–Crippen LogP) is 1.30. The fourth-order valence-electron chi connectivity index (χ4n) is 2.39. The Morgan fingerprint density at radius 1 is 1.67 bits per heavy atom. The van der Waals surface area contributed by atoms with Crippen molar-refractivity contribution in [3.05, 3.63) is 11.5 Å². The molecule has 1 fully saturated rings. The number of aryl methyl sites for hydroxylation is 1. The second kappa shape index (κ2) is 4.97. The van der Waals surface area contributed by atoms with Crippen LogP contribution in [0.25, 0.3) is 0 Å². The number of ether oxygens (including phenoxy) is 2. The first-order valence-corrected chi connectivity index (χ1v) is 6.19. The average molecular weight is 253 g/mol. The summed E-state index contributed by atoms with van der Waals surface area (Å²) in [5.41, 5.74) is 6.22. The SMILES string of the molecule is CCOC(=O)c1nc(C)n(C2CCOC2C)c1N. The molecule has 6 heteroatoms. The topological polar surface area (TPSA) is 79.4 Å². The molecule has 0 spiro atoms. The van der Waals surface area contributed by atoms with Gasteiger partial charge in [-0.05, 0) is 27.2 Å². The van der Waals surface area contributed by atoms with Crippen molar-refractivity contribution in [1.29, 1.82) is 0 Å². The Balaban J connectivity index is 2.34. The Bertz CT molecular complexity index is 456. The van der Waals surface area contributed by atoms with E-state index in [1.54, 1.807) is 6.92 Å². The van der Waals surface area contributed by atoms with Crippen molar-refractivity contribution < 1.29 is 14.3 Å². The quantitative estimate of drug-likeness (QED) is 0.821. The van der Waals surface area contributed by atoms with Crippen LogP contribution in [-0.2, 0) is 9.47 Å². The fourth-order valence-corrected chi connectivity index (χ4v) is 2.39. The van der Waals surface area contributed by atoms with Crippen molar-refractivity contribution in [2.24, 2.45) is 0 Å². The molecular formula is C12H19N3O3. The van der Waals surface area contributed by atoms with Crippen molar-refractivity contribution in [2.45, 2.75) is 39.3 Å². The van der Waals surface area contributed by atoms with E-state index in [2.05, 4.69) is 4.98 Å². The zero-order valence-corrected chi connectivity index (χ0v) is 11.0. The summed E-state index contributed by atoms with van der Waals surface area (Å²) >= 11 is 0. The van der Waals surface area contributed by atoms with Crippen molar-refractivity contribution in [3.8, 4) is 0 Å². The Morgan fingerprint density at radius 3 is 2.94 bits per heavy atom. The summed E-state index contributed by atoms with van der Waals surface area (Å²) in [6.45, 7) is 6.61. The van der Waals surface area contributed by atoms with Crippen LogP contribution in [-0.4, -0.2) is 34.8 Å². The van der Waals surface area contributed by atoms with Crippen molar-refractivity contribution >= 4 is 11.8 Å². The van der Waals surface area contributed by atoms with Gasteiger partial charge in [-0.25, -0.2) is 9.78 Å². The monoisotopic (exact) mass is 253 g/mol. The number of rotatable bonds is 3. The van der Waals surface area contributed by atoms with Crippen LogP contribution in [0.4, 0.5) is 5.82 Å². The molecule has 0 amide bonds. The zero-order valence-electron chi connectivity index (χ0n) is 11.0. The summed E-state index contributed by atoms with van der Waals surface area (Å²) in [7, 11) is 0. The number of imidazole rings is 1. The predicted molar refractivity (Wildman–Crippen MR) is 66.4 cm³/mol. The minimum Gasteiger partial charge on any atom is -0.461 e. The molecule has 0 radical (unpaired) electrons. The molecule has 0 saturated carbocycles. The third-order valence-corrected chi connectivity index (χ3v) is 3.26. The average Bonchev–Trinajstić information content (AvgIpc) is 2.84. The van der Waals surface area contributed by atoms with Crippen LogP contribution in [0.3, 0.4) is 0 Å².